The van der Waals surface area contributed by atoms with Crippen LogP contribution in [0.25, 0.3) is 0 Å². The van der Waals surface area contributed by atoms with Gasteiger partial charge in [-0.2, -0.15) is 0 Å². The largest absolute Gasteiger partial charge is 0.489 e. The third-order valence-electron chi connectivity index (χ3n) is 3.25. The van der Waals surface area contributed by atoms with Crippen LogP contribution in [0.3, 0.4) is 0 Å². The molecule has 1 aromatic carbocycles. The molecule has 1 atom stereocenters. The number of nitrogens with one attached hydrogen (secondary N) is 1. The van der Waals surface area contributed by atoms with E-state index in [0.29, 0.717) is 18.4 Å². The van der Waals surface area contributed by atoms with Crippen molar-refractivity contribution < 1.29 is 9.66 Å². The van der Waals surface area contributed by atoms with Crippen LogP contribution in [-0.4, -0.2) is 37.2 Å². The number of fused-ring (bicyclic) bond motifs is 3. The first-order valence-corrected chi connectivity index (χ1v) is 5.64. The maximum atomic E-state index is 10.7. The Morgan fingerprint density at radius 2 is 2.41 bits per heavy atom. The second kappa shape index (κ2) is 3.89. The Labute approximate surface area is 98.3 Å². The number of nitro groups is 1. The fourth-order valence-corrected chi connectivity index (χ4v) is 2.38. The number of rotatable bonds is 1. The zero-order chi connectivity index (χ0) is 11.8. The van der Waals surface area contributed by atoms with E-state index in [0.717, 1.165) is 25.3 Å². The summed E-state index contributed by atoms with van der Waals surface area (Å²) in [4.78, 5) is 12.6. The predicted molar refractivity (Wildman–Crippen MR) is 62.6 cm³/mol. The third kappa shape index (κ3) is 1.70. The molecule has 17 heavy (non-hydrogen) atoms. The van der Waals surface area contributed by atoms with Crippen LogP contribution in [0.4, 0.5) is 11.4 Å². The zero-order valence-corrected chi connectivity index (χ0v) is 9.26. The Morgan fingerprint density at radius 1 is 1.53 bits per heavy atom. The lowest BCUT2D eigenvalue weighted by Crippen LogP contribution is -2.55. The number of nitro benzene ring substituents is 1. The normalized spacial score (nSPS) is 22.4. The van der Waals surface area contributed by atoms with Gasteiger partial charge in [0.05, 0.1) is 22.7 Å². The topological polar surface area (TPSA) is 67.6 Å². The predicted octanol–water partition coefficient (Wildman–Crippen LogP) is 0.765. The van der Waals surface area contributed by atoms with Crippen LogP contribution in [0.2, 0.25) is 0 Å². The SMILES string of the molecule is O=[N+]([O-])c1ccc2c(c1)OC[C@@H]1CNCCN21. The Bertz CT molecular complexity index is 463. The number of nitrogens with zero attached hydrogens (tertiary/aromatic N) is 2. The summed E-state index contributed by atoms with van der Waals surface area (Å²) >= 11 is 0. The third-order valence-corrected chi connectivity index (χ3v) is 3.25. The molecule has 2 aliphatic heterocycles. The molecule has 0 bridgehead atoms. The average Bonchev–Trinajstić information content (AvgIpc) is 2.38. The number of hydrogen-bond acceptors (Lipinski definition) is 5. The van der Waals surface area contributed by atoms with Gasteiger partial charge in [0, 0.05) is 25.7 Å². The van der Waals surface area contributed by atoms with Gasteiger partial charge >= 0.3 is 0 Å². The molecule has 0 unspecified atom stereocenters. The van der Waals surface area contributed by atoms with Gasteiger partial charge in [0.1, 0.15) is 12.4 Å². The minimum atomic E-state index is -0.395. The average molecular weight is 235 g/mol. The summed E-state index contributed by atoms with van der Waals surface area (Å²) in [6.07, 6.45) is 0. The highest BCUT2D eigenvalue weighted by Crippen LogP contribution is 2.36. The molecule has 6 heteroatoms. The molecule has 2 heterocycles. The van der Waals surface area contributed by atoms with Crippen LogP contribution in [0.5, 0.6) is 5.75 Å². The Morgan fingerprint density at radius 3 is 3.24 bits per heavy atom. The van der Waals surface area contributed by atoms with E-state index in [9.17, 15) is 10.1 Å². The van der Waals surface area contributed by atoms with Crippen molar-refractivity contribution in [2.75, 3.05) is 31.1 Å². The smallest absolute Gasteiger partial charge is 0.273 e. The summed E-state index contributed by atoms with van der Waals surface area (Å²) in [6.45, 7) is 3.34. The number of hydrogen-bond donors (Lipinski definition) is 1. The van der Waals surface area contributed by atoms with E-state index in [2.05, 4.69) is 10.2 Å². The highest BCUT2D eigenvalue weighted by Gasteiger charge is 2.30. The summed E-state index contributed by atoms with van der Waals surface area (Å²) < 4.78 is 5.60. The molecule has 1 fully saturated rings. The minimum absolute atomic E-state index is 0.0809. The maximum Gasteiger partial charge on any atom is 0.273 e. The molecular formula is C11H13N3O3. The van der Waals surface area contributed by atoms with Gasteiger partial charge in [-0.3, -0.25) is 10.1 Å². The van der Waals surface area contributed by atoms with Crippen molar-refractivity contribution in [3.63, 3.8) is 0 Å². The van der Waals surface area contributed by atoms with E-state index >= 15 is 0 Å². The first kappa shape index (κ1) is 10.3. The second-order valence-electron chi connectivity index (χ2n) is 4.27. The minimum Gasteiger partial charge on any atom is -0.489 e. The van der Waals surface area contributed by atoms with Crippen LogP contribution < -0.4 is 15.0 Å². The van der Waals surface area contributed by atoms with Crippen molar-refractivity contribution in [1.29, 1.82) is 0 Å². The van der Waals surface area contributed by atoms with Crippen molar-refractivity contribution in [1.82, 2.24) is 5.32 Å². The summed E-state index contributed by atoms with van der Waals surface area (Å²) in [7, 11) is 0. The Kier molecular flexibility index (Phi) is 2.36. The van der Waals surface area contributed by atoms with Crippen LogP contribution in [0.1, 0.15) is 0 Å². The number of benzene rings is 1. The van der Waals surface area contributed by atoms with Gasteiger partial charge in [0.15, 0.2) is 0 Å². The van der Waals surface area contributed by atoms with Crippen LogP contribution >= 0.6 is 0 Å². The van der Waals surface area contributed by atoms with E-state index in [1.54, 1.807) is 6.07 Å². The molecule has 6 nitrogen and oxygen atoms in total. The first-order chi connectivity index (χ1) is 8.25. The van der Waals surface area contributed by atoms with Crippen LogP contribution in [0, 0.1) is 10.1 Å². The van der Waals surface area contributed by atoms with Gasteiger partial charge < -0.3 is 15.0 Å². The molecule has 0 saturated carbocycles. The maximum absolute atomic E-state index is 10.7. The Balaban J connectivity index is 1.97. The standard InChI is InChI=1S/C11H13N3O3/c15-14(16)8-1-2-10-11(5-8)17-7-9-6-12-3-4-13(9)10/h1-2,5,9,12H,3-4,6-7H2/t9-/m0/s1. The second-order valence-corrected chi connectivity index (χ2v) is 4.27. The molecule has 0 spiro atoms. The number of piperazine rings is 1. The fraction of sp³-hybridized carbons (Fsp3) is 0.455. The van der Waals surface area contributed by atoms with Gasteiger partial charge in [0.25, 0.3) is 5.69 Å². The summed E-state index contributed by atoms with van der Waals surface area (Å²) in [6, 6.07) is 5.16. The lowest BCUT2D eigenvalue weighted by Gasteiger charge is -2.41. The summed E-state index contributed by atoms with van der Waals surface area (Å²) in [5.41, 5.74) is 1.05. The molecule has 0 amide bonds. The molecule has 2 aliphatic rings. The molecule has 0 aromatic heterocycles. The molecule has 0 aliphatic carbocycles. The Hall–Kier alpha value is -1.82. The zero-order valence-electron chi connectivity index (χ0n) is 9.26. The van der Waals surface area contributed by atoms with E-state index in [-0.39, 0.29) is 5.69 Å². The molecule has 1 saturated heterocycles. The molecule has 3 rings (SSSR count). The molecule has 0 radical (unpaired) electrons. The van der Waals surface area contributed by atoms with E-state index < -0.39 is 4.92 Å². The highest BCUT2D eigenvalue weighted by molar-refractivity contribution is 5.64. The molecule has 1 aromatic rings. The van der Waals surface area contributed by atoms with Gasteiger partial charge in [-0.1, -0.05) is 0 Å². The van der Waals surface area contributed by atoms with Gasteiger partial charge in [-0.25, -0.2) is 0 Å². The lowest BCUT2D eigenvalue weighted by atomic mass is 10.1. The summed E-state index contributed by atoms with van der Waals surface area (Å²) in [5, 5.41) is 14.0. The van der Waals surface area contributed by atoms with E-state index in [1.807, 2.05) is 0 Å². The number of non-ortho nitro benzene ring substituents is 1. The first-order valence-electron chi connectivity index (χ1n) is 5.64. The van der Waals surface area contributed by atoms with E-state index in [4.69, 9.17) is 4.74 Å². The van der Waals surface area contributed by atoms with Crippen molar-refractivity contribution in [2.45, 2.75) is 6.04 Å². The van der Waals surface area contributed by atoms with Crippen molar-refractivity contribution in [2.24, 2.45) is 0 Å². The van der Waals surface area contributed by atoms with Gasteiger partial charge in [-0.15, -0.1) is 0 Å². The quantitative estimate of drug-likeness (QED) is 0.575. The lowest BCUT2D eigenvalue weighted by molar-refractivity contribution is -0.384. The van der Waals surface area contributed by atoms with Crippen LogP contribution in [0.15, 0.2) is 18.2 Å². The van der Waals surface area contributed by atoms with Crippen molar-refractivity contribution >= 4 is 11.4 Å². The molecule has 90 valence electrons. The van der Waals surface area contributed by atoms with E-state index in [1.165, 1.54) is 12.1 Å². The van der Waals surface area contributed by atoms with Gasteiger partial charge in [-0.05, 0) is 6.07 Å². The highest BCUT2D eigenvalue weighted by atomic mass is 16.6. The fourth-order valence-electron chi connectivity index (χ4n) is 2.38. The van der Waals surface area contributed by atoms with Gasteiger partial charge in [0.2, 0.25) is 0 Å². The molecular weight excluding hydrogens is 222 g/mol. The van der Waals surface area contributed by atoms with Crippen LogP contribution in [-0.2, 0) is 0 Å². The van der Waals surface area contributed by atoms with Crippen molar-refractivity contribution in [3.05, 3.63) is 28.3 Å². The monoisotopic (exact) mass is 235 g/mol. The van der Waals surface area contributed by atoms with Crippen molar-refractivity contribution in [3.8, 4) is 5.75 Å². The summed E-state index contributed by atoms with van der Waals surface area (Å²) in [5.74, 6) is 0.623. The molecule has 1 N–H and O–H groups in total. The number of ether oxygens (including phenoxy) is 1. The number of anilines is 1.